The zero-order valence-electron chi connectivity index (χ0n) is 16.1. The summed E-state index contributed by atoms with van der Waals surface area (Å²) in [6, 6.07) is 9.82. The second-order valence-electron chi connectivity index (χ2n) is 7.75. The van der Waals surface area contributed by atoms with Crippen LogP contribution in [0.4, 0.5) is 0 Å². The number of ketones is 1. The summed E-state index contributed by atoms with van der Waals surface area (Å²) in [5, 5.41) is 13.9. The summed E-state index contributed by atoms with van der Waals surface area (Å²) in [7, 11) is 0. The first-order chi connectivity index (χ1) is 12.5. The predicted octanol–water partition coefficient (Wildman–Crippen LogP) is 5.50. The summed E-state index contributed by atoms with van der Waals surface area (Å²) >= 11 is 0. The van der Waals surface area contributed by atoms with E-state index in [0.29, 0.717) is 23.8 Å². The Kier molecular flexibility index (Phi) is 5.27. The van der Waals surface area contributed by atoms with Crippen molar-refractivity contribution in [3.63, 3.8) is 0 Å². The molecule has 4 nitrogen and oxygen atoms in total. The number of rotatable bonds is 7. The molecular weight excluding hydrogens is 322 g/mol. The minimum atomic E-state index is 0.135. The quantitative estimate of drug-likeness (QED) is 0.620. The molecule has 1 heterocycles. The molecule has 0 aliphatic heterocycles. The van der Waals surface area contributed by atoms with Gasteiger partial charge in [-0.2, -0.15) is 10.4 Å². The topological polar surface area (TPSA) is 58.7 Å². The summed E-state index contributed by atoms with van der Waals surface area (Å²) in [5.74, 6) is 1.02. The molecule has 0 amide bonds. The van der Waals surface area contributed by atoms with Crippen LogP contribution in [0.15, 0.2) is 24.3 Å². The first kappa shape index (κ1) is 18.4. The van der Waals surface area contributed by atoms with E-state index in [-0.39, 0.29) is 11.8 Å². The maximum Gasteiger partial charge on any atom is 0.181 e. The molecule has 0 spiro atoms. The number of Topliss-reactive ketones (excluding diaryl/α,β-unsaturated/α-hetero) is 1. The molecule has 1 aliphatic carbocycles. The molecule has 1 aromatic heterocycles. The van der Waals surface area contributed by atoms with E-state index in [2.05, 4.69) is 33.8 Å². The SMILES string of the molecule is CC[C@H](C)CC(=O)c1c(C2CC2)c(-c2ccc(C#N)cc2)nn1C(C)C. The van der Waals surface area contributed by atoms with Crippen LogP contribution in [0.3, 0.4) is 0 Å². The lowest BCUT2D eigenvalue weighted by Gasteiger charge is -2.13. The summed E-state index contributed by atoms with van der Waals surface area (Å²) < 4.78 is 1.92. The summed E-state index contributed by atoms with van der Waals surface area (Å²) in [4.78, 5) is 13.1. The number of carbonyl (C=O) groups is 1. The smallest absolute Gasteiger partial charge is 0.181 e. The lowest BCUT2D eigenvalue weighted by molar-refractivity contribution is 0.0950. The van der Waals surface area contributed by atoms with Crippen molar-refractivity contribution in [2.24, 2.45) is 5.92 Å². The molecule has 1 saturated carbocycles. The van der Waals surface area contributed by atoms with Gasteiger partial charge in [0, 0.05) is 23.6 Å². The normalized spacial score (nSPS) is 15.1. The average molecular weight is 349 g/mol. The van der Waals surface area contributed by atoms with E-state index in [1.54, 1.807) is 0 Å². The van der Waals surface area contributed by atoms with Crippen LogP contribution < -0.4 is 0 Å². The van der Waals surface area contributed by atoms with Gasteiger partial charge in [-0.3, -0.25) is 9.48 Å². The molecule has 1 fully saturated rings. The van der Waals surface area contributed by atoms with Crippen molar-refractivity contribution in [1.29, 1.82) is 5.26 Å². The van der Waals surface area contributed by atoms with Gasteiger partial charge in [0.05, 0.1) is 17.3 Å². The van der Waals surface area contributed by atoms with Crippen LogP contribution in [0, 0.1) is 17.2 Å². The number of aromatic nitrogens is 2. The van der Waals surface area contributed by atoms with Crippen LogP contribution in [0.1, 0.15) is 87.0 Å². The highest BCUT2D eigenvalue weighted by molar-refractivity contribution is 5.98. The first-order valence-corrected chi connectivity index (χ1v) is 9.62. The molecule has 0 saturated heterocycles. The van der Waals surface area contributed by atoms with Gasteiger partial charge in [0.2, 0.25) is 0 Å². The lowest BCUT2D eigenvalue weighted by Crippen LogP contribution is -2.16. The molecule has 1 aromatic carbocycles. The van der Waals surface area contributed by atoms with Gasteiger partial charge in [-0.25, -0.2) is 0 Å². The molecule has 2 aromatic rings. The number of hydrogen-bond acceptors (Lipinski definition) is 3. The van der Waals surface area contributed by atoms with Gasteiger partial charge in [0.15, 0.2) is 5.78 Å². The number of benzene rings is 1. The third-order valence-corrected chi connectivity index (χ3v) is 5.20. The Bertz CT molecular complexity index is 836. The highest BCUT2D eigenvalue weighted by Gasteiger charge is 2.35. The molecular formula is C22H27N3O. The highest BCUT2D eigenvalue weighted by Crippen LogP contribution is 2.47. The van der Waals surface area contributed by atoms with Crippen LogP contribution in [-0.2, 0) is 0 Å². The van der Waals surface area contributed by atoms with Gasteiger partial charge in [-0.1, -0.05) is 32.4 Å². The maximum absolute atomic E-state index is 13.1. The molecule has 0 unspecified atom stereocenters. The number of nitrogens with zero attached hydrogens (tertiary/aromatic N) is 3. The van der Waals surface area contributed by atoms with Crippen molar-refractivity contribution >= 4 is 5.78 Å². The molecule has 1 aliphatic rings. The lowest BCUT2D eigenvalue weighted by atomic mass is 9.95. The molecule has 1 atom stereocenters. The van der Waals surface area contributed by atoms with Crippen LogP contribution in [-0.4, -0.2) is 15.6 Å². The standard InChI is InChI=1S/C22H27N3O/c1-5-15(4)12-19(26)22-20(17-10-11-17)21(24-25(22)14(2)3)18-8-6-16(13-23)7-9-18/h6-9,14-15,17H,5,10-12H2,1-4H3/t15-/m0/s1. The number of hydrogen-bond donors (Lipinski definition) is 0. The Morgan fingerprint density at radius 1 is 1.27 bits per heavy atom. The Balaban J connectivity index is 2.12. The minimum Gasteiger partial charge on any atom is -0.292 e. The third-order valence-electron chi connectivity index (χ3n) is 5.20. The van der Waals surface area contributed by atoms with E-state index in [9.17, 15) is 4.79 Å². The van der Waals surface area contributed by atoms with E-state index in [0.717, 1.165) is 41.8 Å². The van der Waals surface area contributed by atoms with E-state index >= 15 is 0 Å². The molecule has 0 radical (unpaired) electrons. The molecule has 0 N–H and O–H groups in total. The fraction of sp³-hybridized carbons (Fsp3) is 0.500. The van der Waals surface area contributed by atoms with Crippen molar-refractivity contribution in [1.82, 2.24) is 9.78 Å². The largest absolute Gasteiger partial charge is 0.292 e. The van der Waals surface area contributed by atoms with Gasteiger partial charge in [-0.15, -0.1) is 0 Å². The number of nitriles is 1. The first-order valence-electron chi connectivity index (χ1n) is 9.62. The molecule has 4 heteroatoms. The molecule has 136 valence electrons. The molecule has 26 heavy (non-hydrogen) atoms. The fourth-order valence-electron chi connectivity index (χ4n) is 3.33. The van der Waals surface area contributed by atoms with Gasteiger partial charge >= 0.3 is 0 Å². The second-order valence-corrected chi connectivity index (χ2v) is 7.75. The summed E-state index contributed by atoms with van der Waals surface area (Å²) in [5.41, 5.74) is 4.47. The van der Waals surface area contributed by atoms with Crippen LogP contribution >= 0.6 is 0 Å². The summed E-state index contributed by atoms with van der Waals surface area (Å²) in [6.07, 6.45) is 3.82. The van der Waals surface area contributed by atoms with Crippen molar-refractivity contribution in [2.45, 2.75) is 65.3 Å². The van der Waals surface area contributed by atoms with Crippen molar-refractivity contribution in [3.05, 3.63) is 41.1 Å². The van der Waals surface area contributed by atoms with E-state index < -0.39 is 0 Å². The van der Waals surface area contributed by atoms with Crippen molar-refractivity contribution < 1.29 is 4.79 Å². The minimum absolute atomic E-state index is 0.135. The van der Waals surface area contributed by atoms with Crippen molar-refractivity contribution in [3.8, 4) is 17.3 Å². The Morgan fingerprint density at radius 2 is 1.92 bits per heavy atom. The summed E-state index contributed by atoms with van der Waals surface area (Å²) in [6.45, 7) is 8.41. The van der Waals surface area contributed by atoms with Gasteiger partial charge < -0.3 is 0 Å². The van der Waals surface area contributed by atoms with Gasteiger partial charge in [-0.05, 0) is 50.7 Å². The molecule has 3 rings (SSSR count). The molecule has 0 bridgehead atoms. The average Bonchev–Trinajstić information content (AvgIpc) is 3.40. The van der Waals surface area contributed by atoms with Crippen molar-refractivity contribution in [2.75, 3.05) is 0 Å². The second kappa shape index (κ2) is 7.45. The van der Waals surface area contributed by atoms with Gasteiger partial charge in [0.25, 0.3) is 0 Å². The van der Waals surface area contributed by atoms with Gasteiger partial charge in [0.1, 0.15) is 5.69 Å². The van der Waals surface area contributed by atoms with Crippen LogP contribution in [0.5, 0.6) is 0 Å². The van der Waals surface area contributed by atoms with Crippen LogP contribution in [0.25, 0.3) is 11.3 Å². The maximum atomic E-state index is 13.1. The Labute approximate surface area is 155 Å². The predicted molar refractivity (Wildman–Crippen MR) is 103 cm³/mol. The fourth-order valence-corrected chi connectivity index (χ4v) is 3.33. The van der Waals surface area contributed by atoms with E-state index in [1.807, 2.05) is 28.9 Å². The third kappa shape index (κ3) is 3.58. The highest BCUT2D eigenvalue weighted by atomic mass is 16.1. The Morgan fingerprint density at radius 3 is 2.42 bits per heavy atom. The zero-order chi connectivity index (χ0) is 18.8. The number of carbonyl (C=O) groups excluding carboxylic acids is 1. The van der Waals surface area contributed by atoms with E-state index in [1.165, 1.54) is 0 Å². The Hall–Kier alpha value is -2.41. The zero-order valence-corrected chi connectivity index (χ0v) is 16.1. The van der Waals surface area contributed by atoms with E-state index in [4.69, 9.17) is 10.4 Å². The van der Waals surface area contributed by atoms with Crippen LogP contribution in [0.2, 0.25) is 0 Å². The monoisotopic (exact) mass is 349 g/mol.